The molecule has 0 aliphatic rings. The average molecular weight is 240 g/mol. The van der Waals surface area contributed by atoms with Crippen LogP contribution in [0.25, 0.3) is 0 Å². The lowest BCUT2D eigenvalue weighted by Crippen LogP contribution is -2.24. The lowest BCUT2D eigenvalue weighted by molar-refractivity contribution is 0.131. The summed E-state index contributed by atoms with van der Waals surface area (Å²) in [6.45, 7) is 4.23. The van der Waals surface area contributed by atoms with Crippen LogP contribution >= 0.6 is 0 Å². The van der Waals surface area contributed by atoms with Crippen molar-refractivity contribution >= 4 is 0 Å². The predicted molar refractivity (Wildman–Crippen MR) is 66.8 cm³/mol. The third-order valence-corrected chi connectivity index (χ3v) is 3.08. The molecule has 3 heteroatoms. The molecular formula is C14H21FO2. The second-order valence-corrected chi connectivity index (χ2v) is 4.86. The Morgan fingerprint density at radius 2 is 2.12 bits per heavy atom. The second-order valence-electron chi connectivity index (χ2n) is 4.86. The molecule has 1 atom stereocenters. The van der Waals surface area contributed by atoms with Gasteiger partial charge in [-0.1, -0.05) is 26.3 Å². The molecule has 0 saturated carbocycles. The van der Waals surface area contributed by atoms with E-state index in [0.717, 1.165) is 18.4 Å². The summed E-state index contributed by atoms with van der Waals surface area (Å²) in [6.07, 6.45) is 2.62. The van der Waals surface area contributed by atoms with Crippen molar-refractivity contribution in [2.24, 2.45) is 5.41 Å². The van der Waals surface area contributed by atoms with Crippen LogP contribution in [-0.4, -0.2) is 18.8 Å². The Bertz CT molecular complexity index is 365. The zero-order valence-corrected chi connectivity index (χ0v) is 10.8. The van der Waals surface area contributed by atoms with Crippen LogP contribution in [0.4, 0.5) is 4.39 Å². The first-order valence-electron chi connectivity index (χ1n) is 5.98. The normalized spacial score (nSPS) is 14.4. The minimum absolute atomic E-state index is 0.120. The molecule has 0 radical (unpaired) electrons. The summed E-state index contributed by atoms with van der Waals surface area (Å²) in [5, 5.41) is 9.43. The molecule has 0 saturated heterocycles. The molecule has 0 fully saturated rings. The first-order valence-corrected chi connectivity index (χ1v) is 5.98. The van der Waals surface area contributed by atoms with Crippen molar-refractivity contribution in [3.05, 3.63) is 29.6 Å². The lowest BCUT2D eigenvalue weighted by Gasteiger charge is -2.27. The summed E-state index contributed by atoms with van der Waals surface area (Å²) in [5.41, 5.74) is 0.726. The first-order chi connectivity index (χ1) is 8.04. The van der Waals surface area contributed by atoms with Gasteiger partial charge in [-0.05, 0) is 36.0 Å². The zero-order valence-electron chi connectivity index (χ0n) is 10.8. The third kappa shape index (κ3) is 3.70. The largest absolute Gasteiger partial charge is 0.494 e. The summed E-state index contributed by atoms with van der Waals surface area (Å²) in [5.74, 6) is -0.0864. The molecular weight excluding hydrogens is 219 g/mol. The summed E-state index contributed by atoms with van der Waals surface area (Å²) in [4.78, 5) is 0. The van der Waals surface area contributed by atoms with E-state index in [2.05, 4.69) is 6.92 Å². The van der Waals surface area contributed by atoms with Crippen molar-refractivity contribution in [3.63, 3.8) is 0 Å². The molecule has 0 aliphatic carbocycles. The Kier molecular flexibility index (Phi) is 4.94. The number of methoxy groups -OCH3 is 1. The Balaban J connectivity index is 2.83. The summed E-state index contributed by atoms with van der Waals surface area (Å²) in [6, 6.07) is 4.97. The minimum Gasteiger partial charge on any atom is -0.494 e. The monoisotopic (exact) mass is 240 g/mol. The van der Waals surface area contributed by atoms with Crippen LogP contribution in [0.5, 0.6) is 5.75 Å². The molecule has 0 amide bonds. The van der Waals surface area contributed by atoms with Gasteiger partial charge in [-0.2, -0.15) is 0 Å². The van der Waals surface area contributed by atoms with Gasteiger partial charge in [0, 0.05) is 6.61 Å². The van der Waals surface area contributed by atoms with Crippen LogP contribution in [0.15, 0.2) is 18.2 Å². The highest BCUT2D eigenvalue weighted by atomic mass is 19.1. The fraction of sp³-hybridized carbons (Fsp3) is 0.571. The molecule has 0 heterocycles. The highest BCUT2D eigenvalue weighted by Gasteiger charge is 2.23. The van der Waals surface area contributed by atoms with E-state index < -0.39 is 0 Å². The SMILES string of the molecule is CCCC(C)(CO)Cc1ccc(OC)c(F)c1. The number of rotatable bonds is 6. The Morgan fingerprint density at radius 3 is 2.59 bits per heavy atom. The van der Waals surface area contributed by atoms with E-state index in [4.69, 9.17) is 4.74 Å². The number of benzene rings is 1. The topological polar surface area (TPSA) is 29.5 Å². The molecule has 0 aliphatic heterocycles. The summed E-state index contributed by atoms with van der Waals surface area (Å²) < 4.78 is 18.4. The molecule has 0 spiro atoms. The molecule has 0 bridgehead atoms. The lowest BCUT2D eigenvalue weighted by atomic mass is 9.80. The van der Waals surface area contributed by atoms with E-state index in [1.807, 2.05) is 13.0 Å². The predicted octanol–water partition coefficient (Wildman–Crippen LogP) is 3.18. The van der Waals surface area contributed by atoms with Crippen molar-refractivity contribution in [1.82, 2.24) is 0 Å². The average Bonchev–Trinajstić information content (AvgIpc) is 2.29. The van der Waals surface area contributed by atoms with Crippen molar-refractivity contribution in [3.8, 4) is 5.75 Å². The molecule has 1 unspecified atom stereocenters. The number of aliphatic hydroxyl groups is 1. The first kappa shape index (κ1) is 14.0. The van der Waals surface area contributed by atoms with Crippen LogP contribution < -0.4 is 4.74 Å². The maximum Gasteiger partial charge on any atom is 0.165 e. The van der Waals surface area contributed by atoms with Crippen LogP contribution in [-0.2, 0) is 6.42 Å². The van der Waals surface area contributed by atoms with Gasteiger partial charge in [-0.15, -0.1) is 0 Å². The van der Waals surface area contributed by atoms with E-state index in [9.17, 15) is 9.50 Å². The molecule has 1 rings (SSSR count). The van der Waals surface area contributed by atoms with Crippen LogP contribution in [0.1, 0.15) is 32.3 Å². The van der Waals surface area contributed by atoms with Gasteiger partial charge in [0.1, 0.15) is 0 Å². The van der Waals surface area contributed by atoms with Gasteiger partial charge >= 0.3 is 0 Å². The van der Waals surface area contributed by atoms with E-state index in [0.29, 0.717) is 6.42 Å². The molecule has 17 heavy (non-hydrogen) atoms. The molecule has 2 nitrogen and oxygen atoms in total. The Labute approximate surface area is 102 Å². The number of hydrogen-bond acceptors (Lipinski definition) is 2. The van der Waals surface area contributed by atoms with Gasteiger partial charge in [0.15, 0.2) is 11.6 Å². The van der Waals surface area contributed by atoms with Gasteiger partial charge in [-0.25, -0.2) is 4.39 Å². The smallest absolute Gasteiger partial charge is 0.165 e. The van der Waals surface area contributed by atoms with E-state index in [-0.39, 0.29) is 23.6 Å². The summed E-state index contributed by atoms with van der Waals surface area (Å²) >= 11 is 0. The number of ether oxygens (including phenoxy) is 1. The highest BCUT2D eigenvalue weighted by molar-refractivity contribution is 5.29. The second kappa shape index (κ2) is 6.01. The quantitative estimate of drug-likeness (QED) is 0.827. The maximum atomic E-state index is 13.5. The minimum atomic E-state index is -0.346. The van der Waals surface area contributed by atoms with E-state index >= 15 is 0 Å². The standard InChI is InChI=1S/C14H21FO2/c1-4-7-14(2,10-16)9-11-5-6-13(17-3)12(15)8-11/h5-6,8,16H,4,7,9-10H2,1-3H3. The van der Waals surface area contributed by atoms with Crippen molar-refractivity contribution in [2.45, 2.75) is 33.1 Å². The summed E-state index contributed by atoms with van der Waals surface area (Å²) in [7, 11) is 1.45. The number of hydrogen-bond donors (Lipinski definition) is 1. The van der Waals surface area contributed by atoms with Crippen molar-refractivity contribution < 1.29 is 14.2 Å². The maximum absolute atomic E-state index is 13.5. The molecule has 1 aromatic carbocycles. The van der Waals surface area contributed by atoms with Gasteiger partial charge in [-0.3, -0.25) is 0 Å². The van der Waals surface area contributed by atoms with Crippen LogP contribution in [0, 0.1) is 11.2 Å². The Morgan fingerprint density at radius 1 is 1.41 bits per heavy atom. The third-order valence-electron chi connectivity index (χ3n) is 3.08. The van der Waals surface area contributed by atoms with Gasteiger partial charge < -0.3 is 9.84 Å². The molecule has 0 aromatic heterocycles. The molecule has 1 N–H and O–H groups in total. The van der Waals surface area contributed by atoms with Gasteiger partial charge in [0.05, 0.1) is 7.11 Å². The zero-order chi connectivity index (χ0) is 12.9. The van der Waals surface area contributed by atoms with Crippen molar-refractivity contribution in [1.29, 1.82) is 0 Å². The molecule has 96 valence electrons. The van der Waals surface area contributed by atoms with E-state index in [1.165, 1.54) is 13.2 Å². The van der Waals surface area contributed by atoms with Crippen molar-refractivity contribution in [2.75, 3.05) is 13.7 Å². The number of aliphatic hydroxyl groups excluding tert-OH is 1. The number of halogens is 1. The Hall–Kier alpha value is -1.09. The fourth-order valence-corrected chi connectivity index (χ4v) is 2.14. The van der Waals surface area contributed by atoms with Gasteiger partial charge in [0.25, 0.3) is 0 Å². The fourth-order valence-electron chi connectivity index (χ4n) is 2.14. The van der Waals surface area contributed by atoms with E-state index in [1.54, 1.807) is 6.07 Å². The van der Waals surface area contributed by atoms with Crippen LogP contribution in [0.3, 0.4) is 0 Å². The van der Waals surface area contributed by atoms with Crippen LogP contribution in [0.2, 0.25) is 0 Å². The highest BCUT2D eigenvalue weighted by Crippen LogP contribution is 2.29. The van der Waals surface area contributed by atoms with Gasteiger partial charge in [0.2, 0.25) is 0 Å². The molecule has 1 aromatic rings.